The first-order chi connectivity index (χ1) is 8.50. The highest BCUT2D eigenvalue weighted by Crippen LogP contribution is 2.13. The highest BCUT2D eigenvalue weighted by Gasteiger charge is 2.18. The van der Waals surface area contributed by atoms with E-state index in [2.05, 4.69) is 11.9 Å². The summed E-state index contributed by atoms with van der Waals surface area (Å²) in [4.78, 5) is 12.9. The molecule has 0 spiro atoms. The first-order valence-corrected chi connectivity index (χ1v) is 6.72. The molecule has 7 heteroatoms. The van der Waals surface area contributed by atoms with Crippen molar-refractivity contribution >= 4 is 17.0 Å². The van der Waals surface area contributed by atoms with Gasteiger partial charge in [-0.2, -0.15) is 0 Å². The molecule has 0 aromatic rings. The van der Waals surface area contributed by atoms with Crippen molar-refractivity contribution in [3.05, 3.63) is 36.3 Å². The zero-order valence-electron chi connectivity index (χ0n) is 9.96. The van der Waals surface area contributed by atoms with Crippen LogP contribution in [0.5, 0.6) is 0 Å². The van der Waals surface area contributed by atoms with Crippen LogP contribution >= 0.6 is 0 Å². The molecule has 100 valence electrons. The fraction of sp³-hybridized carbons (Fsp3) is 0.364. The summed E-state index contributed by atoms with van der Waals surface area (Å²) >= 11 is -1.76. The molecule has 1 aliphatic rings. The molecule has 1 atom stereocenters. The summed E-state index contributed by atoms with van der Waals surface area (Å²) in [5, 5.41) is 2.92. The standard InChI is InChI=1S/C11H17N3O3S/c1-9-3-4-11(15)14(9)8-10(12)7-13-5-2-6-18(16)17/h3-4,7,13H,1-2,5-6,8,12H2,(H,16,17)/b10-7-. The summed E-state index contributed by atoms with van der Waals surface area (Å²) in [6, 6.07) is 0. The van der Waals surface area contributed by atoms with E-state index in [0.29, 0.717) is 24.4 Å². The van der Waals surface area contributed by atoms with Gasteiger partial charge in [0, 0.05) is 30.2 Å². The predicted octanol–water partition coefficient (Wildman–Crippen LogP) is -0.1000. The summed E-state index contributed by atoms with van der Waals surface area (Å²) in [6.07, 6.45) is 5.25. The summed E-state index contributed by atoms with van der Waals surface area (Å²) < 4.78 is 18.9. The monoisotopic (exact) mass is 271 g/mol. The lowest BCUT2D eigenvalue weighted by atomic mass is 10.4. The number of nitrogens with one attached hydrogen (secondary N) is 1. The molecule has 0 saturated carbocycles. The Kier molecular flexibility index (Phi) is 5.60. The van der Waals surface area contributed by atoms with E-state index in [1.54, 1.807) is 12.3 Å². The van der Waals surface area contributed by atoms with Crippen molar-refractivity contribution in [2.24, 2.45) is 5.73 Å². The fourth-order valence-electron chi connectivity index (χ4n) is 1.40. The average Bonchev–Trinajstić information content (AvgIpc) is 2.60. The number of nitrogens with two attached hydrogens (primary N) is 1. The summed E-state index contributed by atoms with van der Waals surface area (Å²) in [5.74, 6) is 0.0959. The minimum Gasteiger partial charge on any atom is -0.399 e. The van der Waals surface area contributed by atoms with E-state index in [-0.39, 0.29) is 18.2 Å². The van der Waals surface area contributed by atoms with Crippen molar-refractivity contribution in [2.45, 2.75) is 6.42 Å². The maximum absolute atomic E-state index is 11.4. The minimum atomic E-state index is -1.76. The Morgan fingerprint density at radius 3 is 2.89 bits per heavy atom. The normalized spacial score (nSPS) is 17.4. The molecule has 0 fully saturated rings. The topological polar surface area (TPSA) is 95.7 Å². The molecule has 0 aromatic carbocycles. The second kappa shape index (κ2) is 6.97. The lowest BCUT2D eigenvalue weighted by Crippen LogP contribution is -2.29. The molecule has 1 heterocycles. The Morgan fingerprint density at radius 2 is 2.33 bits per heavy atom. The minimum absolute atomic E-state index is 0.132. The molecule has 0 saturated heterocycles. The number of amides is 1. The van der Waals surface area contributed by atoms with Crippen molar-refractivity contribution in [3.63, 3.8) is 0 Å². The van der Waals surface area contributed by atoms with E-state index in [9.17, 15) is 9.00 Å². The second-order valence-electron chi connectivity index (χ2n) is 3.80. The maximum Gasteiger partial charge on any atom is 0.251 e. The van der Waals surface area contributed by atoms with Gasteiger partial charge in [0.25, 0.3) is 5.91 Å². The van der Waals surface area contributed by atoms with Gasteiger partial charge in [-0.15, -0.1) is 0 Å². The van der Waals surface area contributed by atoms with E-state index in [1.807, 2.05) is 0 Å². The molecule has 1 amide bonds. The first kappa shape index (κ1) is 14.5. The summed E-state index contributed by atoms with van der Waals surface area (Å²) in [5.41, 5.74) is 6.86. The van der Waals surface area contributed by atoms with Gasteiger partial charge in [0.1, 0.15) is 0 Å². The van der Waals surface area contributed by atoms with Gasteiger partial charge in [-0.1, -0.05) is 6.58 Å². The van der Waals surface area contributed by atoms with Crippen LogP contribution in [0.1, 0.15) is 6.42 Å². The molecule has 4 N–H and O–H groups in total. The number of allylic oxidation sites excluding steroid dienone is 1. The zero-order chi connectivity index (χ0) is 13.5. The van der Waals surface area contributed by atoms with Gasteiger partial charge in [-0.05, 0) is 12.5 Å². The van der Waals surface area contributed by atoms with E-state index in [0.717, 1.165) is 0 Å². The van der Waals surface area contributed by atoms with Gasteiger partial charge in [-0.25, -0.2) is 4.21 Å². The zero-order valence-corrected chi connectivity index (χ0v) is 10.8. The molecule has 18 heavy (non-hydrogen) atoms. The number of rotatable bonds is 7. The molecule has 1 rings (SSSR count). The Hall–Kier alpha value is -1.60. The smallest absolute Gasteiger partial charge is 0.251 e. The van der Waals surface area contributed by atoms with Crippen molar-refractivity contribution in [2.75, 3.05) is 18.8 Å². The molecule has 0 aliphatic carbocycles. The van der Waals surface area contributed by atoms with Crippen LogP contribution in [-0.4, -0.2) is 38.4 Å². The lowest BCUT2D eigenvalue weighted by molar-refractivity contribution is -0.122. The van der Waals surface area contributed by atoms with Crippen LogP contribution in [0.2, 0.25) is 0 Å². The molecule has 6 nitrogen and oxygen atoms in total. The molecule has 1 aliphatic heterocycles. The number of carbonyl (C=O) groups excluding carboxylic acids is 1. The van der Waals surface area contributed by atoms with Crippen LogP contribution in [0.15, 0.2) is 36.3 Å². The van der Waals surface area contributed by atoms with Gasteiger partial charge in [0.15, 0.2) is 11.1 Å². The van der Waals surface area contributed by atoms with Crippen LogP contribution in [-0.2, 0) is 15.9 Å². The number of hydrogen-bond donors (Lipinski definition) is 3. The van der Waals surface area contributed by atoms with Gasteiger partial charge < -0.3 is 20.5 Å². The largest absolute Gasteiger partial charge is 0.399 e. The molecule has 0 aromatic heterocycles. The first-order valence-electron chi connectivity index (χ1n) is 5.44. The van der Waals surface area contributed by atoms with Crippen LogP contribution in [0.4, 0.5) is 0 Å². The Balaban J connectivity index is 2.28. The van der Waals surface area contributed by atoms with Gasteiger partial charge >= 0.3 is 0 Å². The van der Waals surface area contributed by atoms with Crippen molar-refractivity contribution in [1.29, 1.82) is 0 Å². The van der Waals surface area contributed by atoms with Crippen LogP contribution in [0.3, 0.4) is 0 Å². The quantitative estimate of drug-likeness (QED) is 0.444. The van der Waals surface area contributed by atoms with E-state index < -0.39 is 11.1 Å². The molecular formula is C11H17N3O3S. The average molecular weight is 271 g/mol. The third kappa shape index (κ3) is 4.72. The van der Waals surface area contributed by atoms with Crippen molar-refractivity contribution in [3.8, 4) is 0 Å². The molecule has 1 unspecified atom stereocenters. The van der Waals surface area contributed by atoms with Crippen LogP contribution in [0, 0.1) is 0 Å². The third-order valence-electron chi connectivity index (χ3n) is 2.30. The van der Waals surface area contributed by atoms with Crippen LogP contribution in [0.25, 0.3) is 0 Å². The van der Waals surface area contributed by atoms with E-state index >= 15 is 0 Å². The second-order valence-corrected chi connectivity index (χ2v) is 4.85. The lowest BCUT2D eigenvalue weighted by Gasteiger charge is -2.17. The van der Waals surface area contributed by atoms with Gasteiger partial charge in [0.05, 0.1) is 12.3 Å². The van der Waals surface area contributed by atoms with Crippen LogP contribution < -0.4 is 11.1 Å². The third-order valence-corrected chi connectivity index (χ3v) is 2.94. The number of nitrogens with zero attached hydrogens (tertiary/aromatic N) is 1. The summed E-state index contributed by atoms with van der Waals surface area (Å²) in [7, 11) is 0. The SMILES string of the molecule is C=C1C=CC(=O)N1C/C(N)=C/NCCCS(=O)O. The maximum atomic E-state index is 11.4. The number of carbonyl (C=O) groups is 1. The fourth-order valence-corrected chi connectivity index (χ4v) is 1.79. The Bertz CT molecular complexity index is 400. The van der Waals surface area contributed by atoms with Crippen molar-refractivity contribution in [1.82, 2.24) is 10.2 Å². The molecule has 0 bridgehead atoms. The Morgan fingerprint density at radius 1 is 1.61 bits per heavy atom. The Labute approximate surface area is 109 Å². The van der Waals surface area contributed by atoms with Crippen molar-refractivity contribution < 1.29 is 13.6 Å². The predicted molar refractivity (Wildman–Crippen MR) is 70.5 cm³/mol. The van der Waals surface area contributed by atoms with E-state index in [1.165, 1.54) is 11.0 Å². The highest BCUT2D eigenvalue weighted by atomic mass is 32.2. The molecular weight excluding hydrogens is 254 g/mol. The summed E-state index contributed by atoms with van der Waals surface area (Å²) in [6.45, 7) is 4.56. The molecule has 0 radical (unpaired) electrons. The highest BCUT2D eigenvalue weighted by molar-refractivity contribution is 7.79. The van der Waals surface area contributed by atoms with E-state index in [4.69, 9.17) is 10.3 Å². The van der Waals surface area contributed by atoms with Gasteiger partial charge in [0.2, 0.25) is 0 Å². The van der Waals surface area contributed by atoms with Gasteiger partial charge in [-0.3, -0.25) is 4.79 Å². The number of hydrogen-bond acceptors (Lipinski definition) is 4.